The van der Waals surface area contributed by atoms with Crippen LogP contribution in [0.25, 0.3) is 0 Å². The molecule has 2 rings (SSSR count). The molecule has 7 nitrogen and oxygen atoms in total. The van der Waals surface area contributed by atoms with Crippen LogP contribution >= 0.6 is 11.6 Å². The van der Waals surface area contributed by atoms with Crippen LogP contribution in [0.2, 0.25) is 5.02 Å². The monoisotopic (exact) mass is 370 g/mol. The predicted octanol–water partition coefficient (Wildman–Crippen LogP) is 3.27. The van der Waals surface area contributed by atoms with Crippen molar-refractivity contribution in [3.8, 4) is 5.75 Å². The third kappa shape index (κ3) is 4.15. The van der Waals surface area contributed by atoms with Crippen LogP contribution in [0.1, 0.15) is 5.56 Å². The largest absolute Gasteiger partial charge is 0.496 e. The topological polar surface area (TPSA) is 98.5 Å². The highest BCUT2D eigenvalue weighted by molar-refractivity contribution is 7.90. The number of anilines is 1. The number of nitrogens with zero attached hydrogens (tertiary/aromatic N) is 1. The minimum Gasteiger partial charge on any atom is -0.496 e. The van der Waals surface area contributed by atoms with Gasteiger partial charge in [0.05, 0.1) is 22.6 Å². The molecule has 0 saturated carbocycles. The van der Waals surface area contributed by atoms with Crippen LogP contribution in [0.3, 0.4) is 0 Å². The molecule has 128 valence electrons. The van der Waals surface area contributed by atoms with Crippen LogP contribution in [-0.4, -0.2) is 26.7 Å². The molecule has 24 heavy (non-hydrogen) atoms. The number of sulfone groups is 1. The van der Waals surface area contributed by atoms with E-state index in [2.05, 4.69) is 5.32 Å². The Balaban J connectivity index is 2.35. The summed E-state index contributed by atoms with van der Waals surface area (Å²) >= 11 is 5.90. The molecule has 0 bridgehead atoms. The molecule has 0 spiro atoms. The fourth-order valence-electron chi connectivity index (χ4n) is 2.13. The summed E-state index contributed by atoms with van der Waals surface area (Å²) in [5.74, 6) is 0.554. The highest BCUT2D eigenvalue weighted by Crippen LogP contribution is 2.28. The summed E-state index contributed by atoms with van der Waals surface area (Å²) in [4.78, 5) is 10.1. The molecule has 0 aromatic heterocycles. The van der Waals surface area contributed by atoms with Crippen molar-refractivity contribution in [2.75, 3.05) is 18.7 Å². The smallest absolute Gasteiger partial charge is 0.270 e. The molecular formula is C15H15ClN2O5S. The van der Waals surface area contributed by atoms with Gasteiger partial charge in [-0.05, 0) is 18.2 Å². The molecule has 0 heterocycles. The van der Waals surface area contributed by atoms with E-state index in [0.29, 0.717) is 10.8 Å². The Morgan fingerprint density at radius 1 is 1.25 bits per heavy atom. The van der Waals surface area contributed by atoms with Crippen LogP contribution in [-0.2, 0) is 16.4 Å². The molecule has 9 heteroatoms. The SMILES string of the molecule is COc1cc(Cl)ccc1CNc1ccc([N+](=O)[O-])cc1S(C)(=O)=O. The van der Waals surface area contributed by atoms with Crippen LogP contribution in [0.15, 0.2) is 41.3 Å². The van der Waals surface area contributed by atoms with Crippen molar-refractivity contribution in [3.05, 3.63) is 57.1 Å². The van der Waals surface area contributed by atoms with Crippen molar-refractivity contribution in [1.29, 1.82) is 0 Å². The maximum absolute atomic E-state index is 11.9. The van der Waals surface area contributed by atoms with Crippen LogP contribution in [0.4, 0.5) is 11.4 Å². The second kappa shape index (κ2) is 7.06. The number of hydrogen-bond acceptors (Lipinski definition) is 6. The van der Waals surface area contributed by atoms with Gasteiger partial charge in [0, 0.05) is 35.5 Å². The molecule has 1 N–H and O–H groups in total. The minimum absolute atomic E-state index is 0.135. The zero-order valence-corrected chi connectivity index (χ0v) is 14.5. The molecule has 0 aliphatic heterocycles. The van der Waals surface area contributed by atoms with Gasteiger partial charge in [0.25, 0.3) is 5.69 Å². The third-order valence-corrected chi connectivity index (χ3v) is 4.67. The van der Waals surface area contributed by atoms with Crippen LogP contribution in [0.5, 0.6) is 5.75 Å². The van der Waals surface area contributed by atoms with E-state index in [1.165, 1.54) is 19.2 Å². The first-order valence-electron chi connectivity index (χ1n) is 6.77. The summed E-state index contributed by atoms with van der Waals surface area (Å²) in [5, 5.41) is 14.3. The normalized spacial score (nSPS) is 11.1. The lowest BCUT2D eigenvalue weighted by molar-refractivity contribution is -0.385. The van der Waals surface area contributed by atoms with Crippen molar-refractivity contribution in [2.24, 2.45) is 0 Å². The number of nitro benzene ring substituents is 1. The van der Waals surface area contributed by atoms with E-state index in [9.17, 15) is 18.5 Å². The zero-order valence-electron chi connectivity index (χ0n) is 12.9. The number of hydrogen-bond donors (Lipinski definition) is 1. The van der Waals surface area contributed by atoms with Gasteiger partial charge >= 0.3 is 0 Å². The predicted molar refractivity (Wildman–Crippen MR) is 91.5 cm³/mol. The van der Waals surface area contributed by atoms with E-state index in [4.69, 9.17) is 16.3 Å². The molecule has 0 aliphatic carbocycles. The first-order chi connectivity index (χ1) is 11.2. The summed E-state index contributed by atoms with van der Waals surface area (Å²) in [6.07, 6.45) is 1.00. The van der Waals surface area contributed by atoms with Gasteiger partial charge in [-0.1, -0.05) is 17.7 Å². The minimum atomic E-state index is -3.64. The molecular weight excluding hydrogens is 356 g/mol. The number of benzene rings is 2. The first-order valence-corrected chi connectivity index (χ1v) is 9.04. The average Bonchev–Trinajstić information content (AvgIpc) is 2.52. The van der Waals surface area contributed by atoms with Crippen molar-refractivity contribution in [2.45, 2.75) is 11.4 Å². The second-order valence-corrected chi connectivity index (χ2v) is 7.44. The highest BCUT2D eigenvalue weighted by atomic mass is 35.5. The summed E-state index contributed by atoms with van der Waals surface area (Å²) in [7, 11) is -2.13. The summed E-state index contributed by atoms with van der Waals surface area (Å²) in [6, 6.07) is 8.74. The number of methoxy groups -OCH3 is 1. The number of ether oxygens (including phenoxy) is 1. The molecule has 0 amide bonds. The van der Waals surface area contributed by atoms with Crippen LogP contribution < -0.4 is 10.1 Å². The molecule has 2 aromatic carbocycles. The molecule has 2 aromatic rings. The Kier molecular flexibility index (Phi) is 5.30. The van der Waals surface area contributed by atoms with E-state index >= 15 is 0 Å². The lowest BCUT2D eigenvalue weighted by Crippen LogP contribution is -2.07. The van der Waals surface area contributed by atoms with E-state index in [1.54, 1.807) is 18.2 Å². The number of rotatable bonds is 6. The highest BCUT2D eigenvalue weighted by Gasteiger charge is 2.18. The third-order valence-electron chi connectivity index (χ3n) is 3.29. The quantitative estimate of drug-likeness (QED) is 0.619. The fraction of sp³-hybridized carbons (Fsp3) is 0.200. The number of nitrogens with one attached hydrogen (secondary N) is 1. The molecule has 0 fully saturated rings. The van der Waals surface area contributed by atoms with Crippen LogP contribution in [0, 0.1) is 10.1 Å². The lowest BCUT2D eigenvalue weighted by atomic mass is 10.2. The van der Waals surface area contributed by atoms with Crippen molar-refractivity contribution < 1.29 is 18.1 Å². The Labute approximate surface area is 144 Å². The van der Waals surface area contributed by atoms with Crippen molar-refractivity contribution in [3.63, 3.8) is 0 Å². The van der Waals surface area contributed by atoms with Crippen molar-refractivity contribution in [1.82, 2.24) is 0 Å². The van der Waals surface area contributed by atoms with Crippen molar-refractivity contribution >= 4 is 32.8 Å². The zero-order chi connectivity index (χ0) is 17.9. The van der Waals surface area contributed by atoms with E-state index < -0.39 is 14.8 Å². The molecule has 0 radical (unpaired) electrons. The lowest BCUT2D eigenvalue weighted by Gasteiger charge is -2.13. The fourth-order valence-corrected chi connectivity index (χ4v) is 3.17. The van der Waals surface area contributed by atoms with E-state index in [1.807, 2.05) is 0 Å². The first kappa shape index (κ1) is 18.0. The maximum atomic E-state index is 11.9. The molecule has 0 aliphatic rings. The number of nitro groups is 1. The van der Waals surface area contributed by atoms with Gasteiger partial charge in [-0.3, -0.25) is 10.1 Å². The summed E-state index contributed by atoms with van der Waals surface area (Å²) < 4.78 is 29.0. The average molecular weight is 371 g/mol. The Hall–Kier alpha value is -2.32. The Morgan fingerprint density at radius 2 is 1.96 bits per heavy atom. The van der Waals surface area contributed by atoms with Gasteiger partial charge in [-0.25, -0.2) is 8.42 Å². The van der Waals surface area contributed by atoms with Gasteiger partial charge in [-0.2, -0.15) is 0 Å². The van der Waals surface area contributed by atoms with E-state index in [-0.39, 0.29) is 22.8 Å². The summed E-state index contributed by atoms with van der Waals surface area (Å²) in [6.45, 7) is 0.265. The molecule has 0 saturated heterocycles. The van der Waals surface area contributed by atoms with E-state index in [0.717, 1.165) is 17.9 Å². The molecule has 0 atom stereocenters. The Bertz CT molecular complexity index is 883. The van der Waals surface area contributed by atoms with Gasteiger partial charge in [0.15, 0.2) is 9.84 Å². The second-order valence-electron chi connectivity index (χ2n) is 5.02. The molecule has 0 unspecified atom stereocenters. The standard InChI is InChI=1S/C15H15ClN2O5S/c1-23-14-7-11(16)4-3-10(14)9-17-13-6-5-12(18(19)20)8-15(13)24(2,21)22/h3-8,17H,9H2,1-2H3. The summed E-state index contributed by atoms with van der Waals surface area (Å²) in [5.41, 5.74) is 0.754. The Morgan fingerprint density at radius 3 is 2.54 bits per heavy atom. The maximum Gasteiger partial charge on any atom is 0.270 e. The van der Waals surface area contributed by atoms with Gasteiger partial charge in [0.2, 0.25) is 0 Å². The van der Waals surface area contributed by atoms with Gasteiger partial charge in [0.1, 0.15) is 5.75 Å². The number of halogens is 1. The van der Waals surface area contributed by atoms with Gasteiger partial charge < -0.3 is 10.1 Å². The van der Waals surface area contributed by atoms with Gasteiger partial charge in [-0.15, -0.1) is 0 Å². The number of non-ortho nitro benzene ring substituents is 1.